The van der Waals surface area contributed by atoms with Gasteiger partial charge in [0.2, 0.25) is 5.88 Å². The van der Waals surface area contributed by atoms with Crippen LogP contribution in [0.25, 0.3) is 11.3 Å². The van der Waals surface area contributed by atoms with Gasteiger partial charge in [-0.2, -0.15) is 5.10 Å². The van der Waals surface area contributed by atoms with Crippen molar-refractivity contribution in [1.82, 2.24) is 9.78 Å². The number of halogens is 1. The van der Waals surface area contributed by atoms with E-state index < -0.39 is 0 Å². The Balaban J connectivity index is 1.71. The van der Waals surface area contributed by atoms with Gasteiger partial charge in [-0.05, 0) is 37.6 Å². The number of aromatic nitrogens is 2. The molecule has 3 rings (SSSR count). The molecule has 0 amide bonds. The van der Waals surface area contributed by atoms with Crippen molar-refractivity contribution in [2.75, 3.05) is 13.2 Å². The summed E-state index contributed by atoms with van der Waals surface area (Å²) in [6, 6.07) is 18.1. The Kier molecular flexibility index (Phi) is 5.76. The molecule has 1 aromatic heterocycles. The fourth-order valence-electron chi connectivity index (χ4n) is 2.59. The van der Waals surface area contributed by atoms with Gasteiger partial charge in [-0.15, -0.1) is 0 Å². The molecule has 0 saturated heterocycles. The van der Waals surface area contributed by atoms with E-state index in [4.69, 9.17) is 9.47 Å². The van der Waals surface area contributed by atoms with E-state index in [1.165, 1.54) is 0 Å². The van der Waals surface area contributed by atoms with Crippen LogP contribution in [-0.4, -0.2) is 23.0 Å². The normalized spacial score (nSPS) is 10.7. The smallest absolute Gasteiger partial charge is 0.212 e. The zero-order valence-electron chi connectivity index (χ0n) is 14.4. The summed E-state index contributed by atoms with van der Waals surface area (Å²) in [6.07, 6.45) is 0. The van der Waals surface area contributed by atoms with Crippen LogP contribution in [0, 0.1) is 6.92 Å². The largest absolute Gasteiger partial charge is 0.491 e. The summed E-state index contributed by atoms with van der Waals surface area (Å²) in [5, 5.41) is 4.67. The summed E-state index contributed by atoms with van der Waals surface area (Å²) in [7, 11) is 0. The first kappa shape index (κ1) is 17.5. The average molecular weight is 401 g/mol. The summed E-state index contributed by atoms with van der Waals surface area (Å²) in [5.41, 5.74) is 3.08. The van der Waals surface area contributed by atoms with Crippen LogP contribution in [0.15, 0.2) is 59.1 Å². The van der Waals surface area contributed by atoms with Gasteiger partial charge in [0.1, 0.15) is 12.4 Å². The third-order valence-electron chi connectivity index (χ3n) is 3.80. The highest BCUT2D eigenvalue weighted by molar-refractivity contribution is 9.10. The van der Waals surface area contributed by atoms with Gasteiger partial charge in [-0.1, -0.05) is 46.3 Å². The van der Waals surface area contributed by atoms with E-state index in [0.29, 0.717) is 19.8 Å². The maximum absolute atomic E-state index is 5.91. The van der Waals surface area contributed by atoms with Crippen molar-refractivity contribution in [3.05, 3.63) is 64.6 Å². The van der Waals surface area contributed by atoms with Gasteiger partial charge in [-0.3, -0.25) is 0 Å². The molecule has 0 bridgehead atoms. The Labute approximate surface area is 156 Å². The second-order valence-electron chi connectivity index (χ2n) is 5.65. The minimum Gasteiger partial charge on any atom is -0.491 e. The molecule has 0 aliphatic heterocycles. The third kappa shape index (κ3) is 4.42. The van der Waals surface area contributed by atoms with Crippen LogP contribution in [0.2, 0.25) is 0 Å². The summed E-state index contributed by atoms with van der Waals surface area (Å²) in [5.74, 6) is 1.65. The molecule has 0 aliphatic rings. The fraction of sp³-hybridized carbons (Fsp3) is 0.250. The first-order chi connectivity index (χ1) is 12.2. The minimum atomic E-state index is 0.526. The summed E-state index contributed by atoms with van der Waals surface area (Å²) in [6.45, 7) is 5.76. The van der Waals surface area contributed by atoms with Crippen molar-refractivity contribution in [3.63, 3.8) is 0 Å². The Bertz CT molecular complexity index is 831. The van der Waals surface area contributed by atoms with E-state index in [2.05, 4.69) is 21.0 Å². The molecule has 0 spiro atoms. The molecule has 0 N–H and O–H groups in total. The van der Waals surface area contributed by atoms with Gasteiger partial charge in [0, 0.05) is 16.1 Å². The monoisotopic (exact) mass is 400 g/mol. The lowest BCUT2D eigenvalue weighted by Gasteiger charge is -2.11. The Hall–Kier alpha value is -2.27. The van der Waals surface area contributed by atoms with E-state index >= 15 is 0 Å². The molecule has 0 atom stereocenters. The highest BCUT2D eigenvalue weighted by atomic mass is 79.9. The van der Waals surface area contributed by atoms with E-state index in [-0.39, 0.29) is 0 Å². The van der Waals surface area contributed by atoms with Crippen molar-refractivity contribution in [3.8, 4) is 22.9 Å². The van der Waals surface area contributed by atoms with Crippen molar-refractivity contribution in [2.45, 2.75) is 20.4 Å². The molecular formula is C20H21BrN2O2. The number of rotatable bonds is 7. The number of aryl methyl sites for hydroxylation is 1. The van der Waals surface area contributed by atoms with E-state index in [0.717, 1.165) is 32.9 Å². The second kappa shape index (κ2) is 8.21. The molecule has 0 saturated carbocycles. The first-order valence-corrected chi connectivity index (χ1v) is 9.11. The van der Waals surface area contributed by atoms with Crippen LogP contribution in [0.1, 0.15) is 12.5 Å². The standard InChI is InChI=1S/C20H21BrN2O2/c1-3-24-20-14-18(16-7-5-4-6-8-16)22-23(20)11-12-25-19-10-9-17(21)13-15(19)2/h4-10,13-14H,3,11-12H2,1-2H3. The summed E-state index contributed by atoms with van der Waals surface area (Å²) < 4.78 is 14.5. The lowest BCUT2D eigenvalue weighted by atomic mass is 10.2. The zero-order valence-corrected chi connectivity index (χ0v) is 16.0. The predicted molar refractivity (Wildman–Crippen MR) is 103 cm³/mol. The Morgan fingerprint density at radius 2 is 1.84 bits per heavy atom. The Morgan fingerprint density at radius 3 is 2.56 bits per heavy atom. The quantitative estimate of drug-likeness (QED) is 0.553. The average Bonchev–Trinajstić information content (AvgIpc) is 3.01. The van der Waals surface area contributed by atoms with Crippen molar-refractivity contribution >= 4 is 15.9 Å². The van der Waals surface area contributed by atoms with E-state index in [1.54, 1.807) is 0 Å². The molecule has 130 valence electrons. The molecule has 4 nitrogen and oxygen atoms in total. The number of hydrogen-bond acceptors (Lipinski definition) is 3. The number of nitrogens with zero attached hydrogens (tertiary/aromatic N) is 2. The molecule has 25 heavy (non-hydrogen) atoms. The molecule has 0 radical (unpaired) electrons. The lowest BCUT2D eigenvalue weighted by Crippen LogP contribution is -2.12. The molecule has 2 aromatic carbocycles. The van der Waals surface area contributed by atoms with Gasteiger partial charge in [0.15, 0.2) is 0 Å². The number of ether oxygens (including phenoxy) is 2. The van der Waals surface area contributed by atoms with Gasteiger partial charge >= 0.3 is 0 Å². The maximum atomic E-state index is 5.91. The first-order valence-electron chi connectivity index (χ1n) is 8.32. The Morgan fingerprint density at radius 1 is 1.04 bits per heavy atom. The molecule has 1 heterocycles. The molecular weight excluding hydrogens is 380 g/mol. The SMILES string of the molecule is CCOc1cc(-c2ccccc2)nn1CCOc1ccc(Br)cc1C. The van der Waals surface area contributed by atoms with E-state index in [1.807, 2.05) is 73.1 Å². The summed E-state index contributed by atoms with van der Waals surface area (Å²) in [4.78, 5) is 0. The fourth-order valence-corrected chi connectivity index (χ4v) is 3.07. The van der Waals surface area contributed by atoms with Gasteiger partial charge < -0.3 is 9.47 Å². The highest BCUT2D eigenvalue weighted by Gasteiger charge is 2.11. The maximum Gasteiger partial charge on any atom is 0.212 e. The third-order valence-corrected chi connectivity index (χ3v) is 4.30. The lowest BCUT2D eigenvalue weighted by molar-refractivity contribution is 0.259. The van der Waals surface area contributed by atoms with Gasteiger partial charge in [0.25, 0.3) is 0 Å². The van der Waals surface area contributed by atoms with Crippen molar-refractivity contribution in [2.24, 2.45) is 0 Å². The molecule has 3 aromatic rings. The molecule has 5 heteroatoms. The van der Waals surface area contributed by atoms with Crippen LogP contribution in [-0.2, 0) is 6.54 Å². The predicted octanol–water partition coefficient (Wildman–Crippen LogP) is 5.10. The molecule has 0 fully saturated rings. The van der Waals surface area contributed by atoms with Crippen LogP contribution in [0.5, 0.6) is 11.6 Å². The van der Waals surface area contributed by atoms with Crippen LogP contribution < -0.4 is 9.47 Å². The molecule has 0 unspecified atom stereocenters. The molecule has 0 aliphatic carbocycles. The summed E-state index contributed by atoms with van der Waals surface area (Å²) >= 11 is 3.47. The number of benzene rings is 2. The van der Waals surface area contributed by atoms with Crippen LogP contribution in [0.4, 0.5) is 0 Å². The van der Waals surface area contributed by atoms with E-state index in [9.17, 15) is 0 Å². The van der Waals surface area contributed by atoms with Crippen LogP contribution in [0.3, 0.4) is 0 Å². The number of hydrogen-bond donors (Lipinski definition) is 0. The zero-order chi connectivity index (χ0) is 17.6. The highest BCUT2D eigenvalue weighted by Crippen LogP contribution is 2.24. The van der Waals surface area contributed by atoms with Crippen molar-refractivity contribution in [1.29, 1.82) is 0 Å². The topological polar surface area (TPSA) is 36.3 Å². The van der Waals surface area contributed by atoms with Gasteiger partial charge in [0.05, 0.1) is 18.8 Å². The van der Waals surface area contributed by atoms with Crippen molar-refractivity contribution < 1.29 is 9.47 Å². The van der Waals surface area contributed by atoms with Gasteiger partial charge in [-0.25, -0.2) is 4.68 Å². The minimum absolute atomic E-state index is 0.526. The van der Waals surface area contributed by atoms with Crippen LogP contribution >= 0.6 is 15.9 Å². The second-order valence-corrected chi connectivity index (χ2v) is 6.56.